The Morgan fingerprint density at radius 3 is 2.62 bits per heavy atom. The van der Waals surface area contributed by atoms with E-state index >= 15 is 0 Å². The number of rotatable bonds is 3. The first-order chi connectivity index (χ1) is 10.1. The number of nitrogens with zero attached hydrogens (tertiary/aromatic N) is 4. The Bertz CT molecular complexity index is 769. The first-order valence-electron chi connectivity index (χ1n) is 6.19. The molecular weight excluding hydrogens is 293 g/mol. The van der Waals surface area contributed by atoms with Crippen molar-refractivity contribution in [3.05, 3.63) is 58.9 Å². The SMILES string of the molecule is Nc1cc(-c2nnnn2Cc2ccc(F)cc2)ccc1Cl. The smallest absolute Gasteiger partial charge is 0.182 e. The first kappa shape index (κ1) is 13.5. The van der Waals surface area contributed by atoms with E-state index in [0.29, 0.717) is 23.1 Å². The van der Waals surface area contributed by atoms with Crippen LogP contribution in [0.2, 0.25) is 5.02 Å². The average Bonchev–Trinajstić information content (AvgIpc) is 2.92. The normalized spacial score (nSPS) is 10.8. The number of hydrogen-bond donors (Lipinski definition) is 1. The highest BCUT2D eigenvalue weighted by Gasteiger charge is 2.10. The molecule has 0 saturated carbocycles. The molecule has 7 heteroatoms. The van der Waals surface area contributed by atoms with Gasteiger partial charge in [-0.2, -0.15) is 0 Å². The lowest BCUT2D eigenvalue weighted by atomic mass is 10.2. The van der Waals surface area contributed by atoms with Crippen LogP contribution in [-0.4, -0.2) is 20.2 Å². The molecule has 0 aliphatic rings. The molecule has 0 radical (unpaired) electrons. The summed E-state index contributed by atoms with van der Waals surface area (Å²) in [5.74, 6) is 0.295. The summed E-state index contributed by atoms with van der Waals surface area (Å²) in [6, 6.07) is 11.4. The number of halogens is 2. The minimum Gasteiger partial charge on any atom is -0.398 e. The van der Waals surface area contributed by atoms with E-state index in [4.69, 9.17) is 17.3 Å². The summed E-state index contributed by atoms with van der Waals surface area (Å²) >= 11 is 5.91. The van der Waals surface area contributed by atoms with E-state index in [1.54, 1.807) is 35.0 Å². The zero-order valence-corrected chi connectivity index (χ0v) is 11.6. The fraction of sp³-hybridized carbons (Fsp3) is 0.0714. The number of tetrazole rings is 1. The molecule has 5 nitrogen and oxygen atoms in total. The third-order valence-electron chi connectivity index (χ3n) is 3.03. The first-order valence-corrected chi connectivity index (χ1v) is 6.57. The molecule has 0 aliphatic heterocycles. The number of hydrogen-bond acceptors (Lipinski definition) is 4. The summed E-state index contributed by atoms with van der Waals surface area (Å²) in [7, 11) is 0. The Labute approximate surface area is 125 Å². The average molecular weight is 304 g/mol. The molecule has 3 aromatic rings. The maximum atomic E-state index is 12.9. The summed E-state index contributed by atoms with van der Waals surface area (Å²) in [5, 5.41) is 12.1. The van der Waals surface area contributed by atoms with Gasteiger partial charge in [0.2, 0.25) is 0 Å². The lowest BCUT2D eigenvalue weighted by Crippen LogP contribution is -2.04. The minimum absolute atomic E-state index is 0.277. The fourth-order valence-electron chi connectivity index (χ4n) is 1.96. The Kier molecular flexibility index (Phi) is 3.53. The van der Waals surface area contributed by atoms with Gasteiger partial charge < -0.3 is 5.73 Å². The van der Waals surface area contributed by atoms with Crippen LogP contribution in [0, 0.1) is 5.82 Å². The van der Waals surface area contributed by atoms with Crippen LogP contribution in [0.4, 0.5) is 10.1 Å². The third kappa shape index (κ3) is 2.85. The van der Waals surface area contributed by atoms with E-state index in [2.05, 4.69) is 15.5 Å². The van der Waals surface area contributed by atoms with Crippen LogP contribution >= 0.6 is 11.6 Å². The van der Waals surface area contributed by atoms with Crippen molar-refractivity contribution in [2.75, 3.05) is 5.73 Å². The Hall–Kier alpha value is -2.47. The van der Waals surface area contributed by atoms with Crippen LogP contribution in [0.5, 0.6) is 0 Å². The summed E-state index contributed by atoms with van der Waals surface area (Å²) in [5.41, 5.74) is 7.92. The quantitative estimate of drug-likeness (QED) is 0.755. The lowest BCUT2D eigenvalue weighted by Gasteiger charge is -2.06. The Balaban J connectivity index is 1.93. The largest absolute Gasteiger partial charge is 0.398 e. The van der Waals surface area contributed by atoms with Gasteiger partial charge in [-0.1, -0.05) is 23.7 Å². The molecule has 0 unspecified atom stereocenters. The summed E-state index contributed by atoms with van der Waals surface area (Å²) in [4.78, 5) is 0. The molecule has 1 aromatic heterocycles. The van der Waals surface area contributed by atoms with Crippen molar-refractivity contribution in [1.82, 2.24) is 20.2 Å². The van der Waals surface area contributed by atoms with Crippen molar-refractivity contribution in [2.45, 2.75) is 6.54 Å². The highest BCUT2D eigenvalue weighted by Crippen LogP contribution is 2.25. The molecular formula is C14H11ClFN5. The summed E-state index contributed by atoms with van der Waals surface area (Å²) in [6.07, 6.45) is 0. The Morgan fingerprint density at radius 1 is 1.14 bits per heavy atom. The highest BCUT2D eigenvalue weighted by molar-refractivity contribution is 6.33. The van der Waals surface area contributed by atoms with Gasteiger partial charge >= 0.3 is 0 Å². The molecule has 0 amide bonds. The zero-order chi connectivity index (χ0) is 14.8. The van der Waals surface area contributed by atoms with Crippen molar-refractivity contribution in [3.8, 4) is 11.4 Å². The van der Waals surface area contributed by atoms with Crippen LogP contribution in [0.15, 0.2) is 42.5 Å². The van der Waals surface area contributed by atoms with E-state index in [1.165, 1.54) is 12.1 Å². The number of nitrogens with two attached hydrogens (primary N) is 1. The van der Waals surface area contributed by atoms with E-state index in [0.717, 1.165) is 11.1 Å². The monoisotopic (exact) mass is 303 g/mol. The Morgan fingerprint density at radius 2 is 1.90 bits per heavy atom. The van der Waals surface area contributed by atoms with Gasteiger partial charge in [0.05, 0.1) is 17.3 Å². The molecule has 0 atom stereocenters. The van der Waals surface area contributed by atoms with Crippen LogP contribution in [-0.2, 0) is 6.54 Å². The van der Waals surface area contributed by atoms with E-state index in [-0.39, 0.29) is 5.82 Å². The number of nitrogen functional groups attached to an aromatic ring is 1. The van der Waals surface area contributed by atoms with Gasteiger partial charge in [-0.3, -0.25) is 0 Å². The van der Waals surface area contributed by atoms with E-state index < -0.39 is 0 Å². The van der Waals surface area contributed by atoms with Gasteiger partial charge in [0.25, 0.3) is 0 Å². The van der Waals surface area contributed by atoms with Gasteiger partial charge in [0, 0.05) is 5.56 Å². The van der Waals surface area contributed by atoms with Crippen LogP contribution < -0.4 is 5.73 Å². The molecule has 21 heavy (non-hydrogen) atoms. The predicted molar refractivity (Wildman–Crippen MR) is 78.2 cm³/mol. The minimum atomic E-state index is -0.277. The van der Waals surface area contributed by atoms with Gasteiger partial charge in [-0.15, -0.1) is 5.10 Å². The van der Waals surface area contributed by atoms with Crippen molar-refractivity contribution < 1.29 is 4.39 Å². The van der Waals surface area contributed by atoms with Crippen LogP contribution in [0.1, 0.15) is 5.56 Å². The highest BCUT2D eigenvalue weighted by atomic mass is 35.5. The number of benzene rings is 2. The van der Waals surface area contributed by atoms with E-state index in [9.17, 15) is 4.39 Å². The van der Waals surface area contributed by atoms with Gasteiger partial charge in [-0.05, 0) is 46.3 Å². The zero-order valence-electron chi connectivity index (χ0n) is 10.9. The lowest BCUT2D eigenvalue weighted by molar-refractivity contribution is 0.622. The van der Waals surface area contributed by atoms with Crippen molar-refractivity contribution in [2.24, 2.45) is 0 Å². The molecule has 2 N–H and O–H groups in total. The topological polar surface area (TPSA) is 69.6 Å². The fourth-order valence-corrected chi connectivity index (χ4v) is 2.08. The molecule has 2 aromatic carbocycles. The van der Waals surface area contributed by atoms with E-state index in [1.807, 2.05) is 0 Å². The van der Waals surface area contributed by atoms with Crippen molar-refractivity contribution in [1.29, 1.82) is 0 Å². The molecule has 0 bridgehead atoms. The summed E-state index contributed by atoms with van der Waals surface area (Å²) in [6.45, 7) is 0.436. The third-order valence-corrected chi connectivity index (χ3v) is 3.38. The number of aromatic nitrogens is 4. The second-order valence-corrected chi connectivity index (χ2v) is 4.93. The molecule has 0 spiro atoms. The number of anilines is 1. The molecule has 0 saturated heterocycles. The van der Waals surface area contributed by atoms with Crippen LogP contribution in [0.3, 0.4) is 0 Å². The maximum Gasteiger partial charge on any atom is 0.182 e. The standard InChI is InChI=1S/C14H11ClFN5/c15-12-6-3-10(7-13(12)17)14-18-19-20-21(14)8-9-1-4-11(16)5-2-9/h1-7H,8,17H2. The molecule has 0 aliphatic carbocycles. The second kappa shape index (κ2) is 5.49. The van der Waals surface area contributed by atoms with Crippen LogP contribution in [0.25, 0.3) is 11.4 Å². The maximum absolute atomic E-state index is 12.9. The van der Waals surface area contributed by atoms with Gasteiger partial charge in [0.1, 0.15) is 5.82 Å². The summed E-state index contributed by atoms with van der Waals surface area (Å²) < 4.78 is 14.5. The van der Waals surface area contributed by atoms with Gasteiger partial charge in [0.15, 0.2) is 5.82 Å². The molecule has 3 rings (SSSR count). The molecule has 106 valence electrons. The van der Waals surface area contributed by atoms with Crippen molar-refractivity contribution in [3.63, 3.8) is 0 Å². The second-order valence-electron chi connectivity index (χ2n) is 4.52. The van der Waals surface area contributed by atoms with Gasteiger partial charge in [-0.25, -0.2) is 9.07 Å². The predicted octanol–water partition coefficient (Wildman–Crippen LogP) is 2.76. The van der Waals surface area contributed by atoms with Crippen molar-refractivity contribution >= 4 is 17.3 Å². The molecule has 1 heterocycles. The molecule has 0 fully saturated rings.